The molecule has 0 atom stereocenters. The van der Waals surface area contributed by atoms with E-state index < -0.39 is 51.8 Å². The number of carboxylic acid groups (broad SMARTS) is 8. The SMILES string of the molecule is O=C[O-].O=C[O-].O=C[O-].O=C[O-].O=C[O-].O=C[O-].O=C[O-].O=C[O-].[Mg+2].[Mg+2].[Mg+2].[Mg+2]. The van der Waals surface area contributed by atoms with E-state index in [9.17, 15) is 0 Å². The summed E-state index contributed by atoms with van der Waals surface area (Å²) in [6.45, 7) is -4.00. The molecule has 0 aromatic carbocycles. The third-order valence-corrected chi connectivity index (χ3v) is 0. The fraction of sp³-hybridized carbons (Fsp3) is 0. The standard InChI is InChI=1S/8CH2O2.4Mg/c8*2-1-3;;;;/h8*1H,(H,2,3);;;;/q;;;;;;;;4*+2/p-8. The average molecular weight is 457 g/mol. The molecule has 0 aliphatic heterocycles. The van der Waals surface area contributed by atoms with E-state index in [1.54, 1.807) is 0 Å². The van der Waals surface area contributed by atoms with Crippen LogP contribution in [0.25, 0.3) is 0 Å². The van der Waals surface area contributed by atoms with Crippen LogP contribution >= 0.6 is 0 Å². The number of hydrogen-bond acceptors (Lipinski definition) is 16. The summed E-state index contributed by atoms with van der Waals surface area (Å²) >= 11 is 0. The fourth-order valence-electron chi connectivity index (χ4n) is 0. The number of carbonyl (C=O) groups is 8. The molecule has 0 amide bonds. The van der Waals surface area contributed by atoms with Crippen molar-refractivity contribution in [3.63, 3.8) is 0 Å². The van der Waals surface area contributed by atoms with E-state index in [1.807, 2.05) is 0 Å². The second-order valence-corrected chi connectivity index (χ2v) is 0.770. The Morgan fingerprint density at radius 1 is 0.250 bits per heavy atom. The van der Waals surface area contributed by atoms with Crippen molar-refractivity contribution in [3.8, 4) is 0 Å². The summed E-state index contributed by atoms with van der Waals surface area (Å²) in [5.74, 6) is 0. The molecule has 0 saturated carbocycles. The Morgan fingerprint density at radius 3 is 0.250 bits per heavy atom. The third kappa shape index (κ3) is 10200. The fourth-order valence-corrected chi connectivity index (χ4v) is 0. The van der Waals surface area contributed by atoms with Crippen molar-refractivity contribution in [1.82, 2.24) is 0 Å². The maximum atomic E-state index is 8.25. The van der Waals surface area contributed by atoms with Gasteiger partial charge in [0.05, 0.1) is 0 Å². The Bertz CT molecular complexity index is 171. The number of hydrogen-bond donors (Lipinski definition) is 0. The van der Waals surface area contributed by atoms with Crippen molar-refractivity contribution in [2.24, 2.45) is 0 Å². The van der Waals surface area contributed by atoms with Gasteiger partial charge in [-0.05, 0) is 0 Å². The summed E-state index contributed by atoms with van der Waals surface area (Å²) in [5.41, 5.74) is 0. The molecular formula is C8H8Mg4O16. The molecule has 0 aliphatic rings. The number of carbonyl (C=O) groups excluding carboxylic acids is 8. The summed E-state index contributed by atoms with van der Waals surface area (Å²) in [4.78, 5) is 66.0. The van der Waals surface area contributed by atoms with Crippen molar-refractivity contribution in [1.29, 1.82) is 0 Å². The van der Waals surface area contributed by atoms with Gasteiger partial charge in [0.2, 0.25) is 0 Å². The maximum Gasteiger partial charge on any atom is 2.00 e. The first kappa shape index (κ1) is 81.4. The van der Waals surface area contributed by atoms with Crippen molar-refractivity contribution in [2.75, 3.05) is 0 Å². The molecule has 0 fully saturated rings. The van der Waals surface area contributed by atoms with Crippen LogP contribution in [-0.2, 0) is 38.4 Å². The zero-order valence-electron chi connectivity index (χ0n) is 14.0. The van der Waals surface area contributed by atoms with Crippen LogP contribution in [0, 0.1) is 0 Å². The molecule has 0 aromatic heterocycles. The summed E-state index contributed by atoms with van der Waals surface area (Å²) in [6, 6.07) is 0. The number of rotatable bonds is 0. The molecular weight excluding hydrogens is 449 g/mol. The van der Waals surface area contributed by atoms with Gasteiger partial charge in [-0.25, -0.2) is 0 Å². The maximum absolute atomic E-state index is 8.25. The van der Waals surface area contributed by atoms with E-state index in [0.29, 0.717) is 0 Å². The Morgan fingerprint density at radius 2 is 0.250 bits per heavy atom. The smallest absolute Gasteiger partial charge is 0.554 e. The van der Waals surface area contributed by atoms with E-state index in [0.717, 1.165) is 0 Å². The average Bonchev–Trinajstić information content (AvgIpc) is 2.45. The zero-order valence-corrected chi connectivity index (χ0v) is 19.6. The van der Waals surface area contributed by atoms with Gasteiger partial charge in [0.15, 0.2) is 0 Å². The molecule has 0 saturated heterocycles. The second kappa shape index (κ2) is 342. The molecule has 0 heterocycles. The van der Waals surface area contributed by atoms with Crippen LogP contribution < -0.4 is 40.9 Å². The van der Waals surface area contributed by atoms with Gasteiger partial charge >= 0.3 is 92.2 Å². The molecule has 0 radical (unpaired) electrons. The molecule has 0 rings (SSSR count). The molecule has 28 heavy (non-hydrogen) atoms. The van der Waals surface area contributed by atoms with Crippen molar-refractivity contribution < 1.29 is 79.2 Å². The quantitative estimate of drug-likeness (QED) is 0.240. The normalized spacial score (nSPS) is 3.43. The topological polar surface area (TPSA) is 321 Å². The molecule has 16 nitrogen and oxygen atoms in total. The van der Waals surface area contributed by atoms with Gasteiger partial charge in [-0.3, -0.25) is 0 Å². The van der Waals surface area contributed by atoms with Crippen LogP contribution in [0.5, 0.6) is 0 Å². The predicted molar refractivity (Wildman–Crippen MR) is 71.5 cm³/mol. The van der Waals surface area contributed by atoms with Crippen LogP contribution in [0.2, 0.25) is 0 Å². The minimum absolute atomic E-state index is 0. The van der Waals surface area contributed by atoms with E-state index >= 15 is 0 Å². The van der Waals surface area contributed by atoms with E-state index in [4.69, 9.17) is 79.2 Å². The van der Waals surface area contributed by atoms with Gasteiger partial charge in [-0.15, -0.1) is 0 Å². The molecule has 0 bridgehead atoms. The molecule has 144 valence electrons. The van der Waals surface area contributed by atoms with Crippen LogP contribution in [-0.4, -0.2) is 144 Å². The first-order valence-corrected chi connectivity index (χ1v) is 3.77. The van der Waals surface area contributed by atoms with Gasteiger partial charge in [0.25, 0.3) is 0 Å². The monoisotopic (exact) mass is 456 g/mol. The van der Waals surface area contributed by atoms with Crippen molar-refractivity contribution in [2.45, 2.75) is 0 Å². The molecule has 20 heteroatoms. The van der Waals surface area contributed by atoms with Gasteiger partial charge in [-0.2, -0.15) is 0 Å². The van der Waals surface area contributed by atoms with E-state index in [2.05, 4.69) is 0 Å². The summed E-state index contributed by atoms with van der Waals surface area (Å²) in [5, 5.41) is 66.0. The van der Waals surface area contributed by atoms with E-state index in [1.165, 1.54) is 0 Å². The van der Waals surface area contributed by atoms with Crippen molar-refractivity contribution in [3.05, 3.63) is 0 Å². The van der Waals surface area contributed by atoms with E-state index in [-0.39, 0.29) is 92.2 Å². The minimum Gasteiger partial charge on any atom is -0.554 e. The Labute approximate surface area is 221 Å². The molecule has 0 spiro atoms. The summed E-state index contributed by atoms with van der Waals surface area (Å²) in [7, 11) is 0. The summed E-state index contributed by atoms with van der Waals surface area (Å²) in [6.07, 6.45) is 0. The second-order valence-electron chi connectivity index (χ2n) is 0.770. The minimum atomic E-state index is -0.500. The Hall–Kier alpha value is -1.18. The Kier molecular flexibility index (Phi) is 993. The first-order valence-electron chi connectivity index (χ1n) is 3.77. The van der Waals surface area contributed by atoms with Crippen LogP contribution in [0.3, 0.4) is 0 Å². The summed E-state index contributed by atoms with van der Waals surface area (Å²) < 4.78 is 0. The molecule has 0 aliphatic carbocycles. The molecule has 0 unspecified atom stereocenters. The van der Waals surface area contributed by atoms with Crippen LogP contribution in [0.15, 0.2) is 0 Å². The largest absolute Gasteiger partial charge is 2.00 e. The molecule has 0 N–H and O–H groups in total. The Balaban J connectivity index is -0.0000000102. The van der Waals surface area contributed by atoms with Gasteiger partial charge in [0, 0.05) is 51.8 Å². The zero-order chi connectivity index (χ0) is 21.7. The predicted octanol–water partition coefficient (Wildman–Crippen LogP) is -14.6. The third-order valence-electron chi connectivity index (χ3n) is 0. The van der Waals surface area contributed by atoms with Crippen molar-refractivity contribution >= 4 is 144 Å². The van der Waals surface area contributed by atoms with Crippen LogP contribution in [0.1, 0.15) is 0 Å². The molecule has 0 aromatic rings. The van der Waals surface area contributed by atoms with Gasteiger partial charge in [-0.1, -0.05) is 0 Å². The first-order chi connectivity index (χ1) is 11.3. The van der Waals surface area contributed by atoms with Crippen LogP contribution in [0.4, 0.5) is 0 Å². The van der Waals surface area contributed by atoms with Gasteiger partial charge < -0.3 is 79.2 Å². The van der Waals surface area contributed by atoms with Gasteiger partial charge in [0.1, 0.15) is 0 Å².